The van der Waals surface area contributed by atoms with Crippen molar-refractivity contribution in [3.05, 3.63) is 12.2 Å². The van der Waals surface area contributed by atoms with Crippen molar-refractivity contribution in [3.8, 4) is 0 Å². The number of allylic oxidation sites excluding steroid dienone is 1. The van der Waals surface area contributed by atoms with Gasteiger partial charge < -0.3 is 10.2 Å². The lowest BCUT2D eigenvalue weighted by molar-refractivity contribution is -0.211. The second-order valence-electron chi connectivity index (χ2n) is 13.9. The molecule has 3 heteroatoms. The van der Waals surface area contributed by atoms with Gasteiger partial charge in [0.25, 0.3) is 0 Å². The van der Waals surface area contributed by atoms with Gasteiger partial charge in [0.15, 0.2) is 0 Å². The van der Waals surface area contributed by atoms with Crippen molar-refractivity contribution in [1.29, 1.82) is 0 Å². The highest BCUT2D eigenvalue weighted by Gasteiger charge is 2.68. The van der Waals surface area contributed by atoms with E-state index in [-0.39, 0.29) is 22.9 Å². The number of aliphatic carboxylic acids is 1. The molecule has 0 saturated heterocycles. The van der Waals surface area contributed by atoms with Crippen LogP contribution in [0, 0.1) is 57.2 Å². The normalized spacial score (nSPS) is 54.0. The summed E-state index contributed by atoms with van der Waals surface area (Å²) >= 11 is 0. The summed E-state index contributed by atoms with van der Waals surface area (Å²) in [7, 11) is 0. The van der Waals surface area contributed by atoms with Crippen LogP contribution in [0.4, 0.5) is 0 Å². The van der Waals surface area contributed by atoms with Gasteiger partial charge in [-0.15, -0.1) is 0 Å². The second-order valence-corrected chi connectivity index (χ2v) is 13.9. The molecule has 0 unspecified atom stereocenters. The topological polar surface area (TPSA) is 57.5 Å². The van der Waals surface area contributed by atoms with Crippen molar-refractivity contribution in [3.63, 3.8) is 0 Å². The quantitative estimate of drug-likeness (QED) is 0.468. The van der Waals surface area contributed by atoms with Crippen LogP contribution in [-0.4, -0.2) is 22.3 Å². The molecule has 5 aliphatic carbocycles. The molecular formula is C29H46O3. The molecule has 5 rings (SSSR count). The van der Waals surface area contributed by atoms with Crippen molar-refractivity contribution < 1.29 is 15.0 Å². The van der Waals surface area contributed by atoms with Crippen molar-refractivity contribution in [2.75, 3.05) is 0 Å². The molecule has 0 aromatic carbocycles. The highest BCUT2D eigenvalue weighted by Crippen LogP contribution is 2.73. The summed E-state index contributed by atoms with van der Waals surface area (Å²) in [5.74, 6) is 2.64. The molecule has 5 saturated carbocycles. The molecule has 2 N–H and O–H groups in total. The van der Waals surface area contributed by atoms with Crippen LogP contribution in [0.3, 0.4) is 0 Å². The molecule has 180 valence electrons. The van der Waals surface area contributed by atoms with E-state index in [1.807, 2.05) is 0 Å². The van der Waals surface area contributed by atoms with E-state index in [1.165, 1.54) is 31.3 Å². The predicted molar refractivity (Wildman–Crippen MR) is 128 cm³/mol. The number of rotatable bonds is 2. The van der Waals surface area contributed by atoms with Gasteiger partial charge in [-0.1, -0.05) is 39.8 Å². The van der Waals surface area contributed by atoms with E-state index in [2.05, 4.69) is 41.2 Å². The van der Waals surface area contributed by atoms with Gasteiger partial charge in [0, 0.05) is 0 Å². The number of hydrogen-bond acceptors (Lipinski definition) is 2. The van der Waals surface area contributed by atoms with Gasteiger partial charge in [0.05, 0.1) is 11.5 Å². The van der Waals surface area contributed by atoms with Gasteiger partial charge in [0.1, 0.15) is 0 Å². The largest absolute Gasteiger partial charge is 0.481 e. The Kier molecular flexibility index (Phi) is 5.08. The molecule has 0 aromatic rings. The minimum atomic E-state index is -0.533. The van der Waals surface area contributed by atoms with Crippen LogP contribution < -0.4 is 0 Å². The molecule has 0 spiro atoms. The molecule has 0 aliphatic heterocycles. The first kappa shape index (κ1) is 22.9. The summed E-state index contributed by atoms with van der Waals surface area (Å²) in [4.78, 5) is 12.7. The van der Waals surface area contributed by atoms with Gasteiger partial charge in [-0.05, 0) is 123 Å². The maximum Gasteiger partial charge on any atom is 0.309 e. The Balaban J connectivity index is 1.52. The molecule has 0 bridgehead atoms. The monoisotopic (exact) mass is 442 g/mol. The maximum atomic E-state index is 12.7. The zero-order chi connectivity index (χ0) is 23.3. The van der Waals surface area contributed by atoms with Crippen molar-refractivity contribution in [2.24, 2.45) is 57.2 Å². The van der Waals surface area contributed by atoms with E-state index >= 15 is 0 Å². The van der Waals surface area contributed by atoms with Gasteiger partial charge in [-0.3, -0.25) is 4.79 Å². The molecule has 0 amide bonds. The number of aliphatic hydroxyl groups excluding tert-OH is 1. The third kappa shape index (κ3) is 2.72. The summed E-state index contributed by atoms with van der Waals surface area (Å²) in [5.41, 5.74) is 1.25. The molecule has 5 fully saturated rings. The van der Waals surface area contributed by atoms with Crippen LogP contribution >= 0.6 is 0 Å². The number of carboxylic acids is 1. The Hall–Kier alpha value is -0.830. The highest BCUT2D eigenvalue weighted by molar-refractivity contribution is 5.76. The van der Waals surface area contributed by atoms with Crippen LogP contribution in [0.25, 0.3) is 0 Å². The van der Waals surface area contributed by atoms with Crippen LogP contribution in [0.5, 0.6) is 0 Å². The zero-order valence-electron chi connectivity index (χ0n) is 21.1. The lowest BCUT2D eigenvalue weighted by atomic mass is 9.36. The predicted octanol–water partition coefficient (Wildman–Crippen LogP) is 6.70. The molecule has 0 radical (unpaired) electrons. The van der Waals surface area contributed by atoms with Crippen LogP contribution in [0.2, 0.25) is 0 Å². The first-order chi connectivity index (χ1) is 14.9. The van der Waals surface area contributed by atoms with E-state index < -0.39 is 11.4 Å². The number of carbonyl (C=O) groups is 1. The van der Waals surface area contributed by atoms with E-state index in [0.29, 0.717) is 29.1 Å². The molecule has 10 atom stereocenters. The van der Waals surface area contributed by atoms with Crippen LogP contribution in [0.1, 0.15) is 98.8 Å². The lowest BCUT2D eigenvalue weighted by Crippen LogP contribution is -2.63. The third-order valence-corrected chi connectivity index (χ3v) is 12.7. The Labute approximate surface area is 195 Å². The van der Waals surface area contributed by atoms with E-state index in [0.717, 1.165) is 44.4 Å². The van der Waals surface area contributed by atoms with Crippen molar-refractivity contribution in [1.82, 2.24) is 0 Å². The van der Waals surface area contributed by atoms with Crippen molar-refractivity contribution in [2.45, 2.75) is 105 Å². The van der Waals surface area contributed by atoms with Gasteiger partial charge >= 0.3 is 5.97 Å². The molecule has 0 aromatic heterocycles. The first-order valence-corrected chi connectivity index (χ1v) is 13.5. The Morgan fingerprint density at radius 1 is 0.812 bits per heavy atom. The van der Waals surface area contributed by atoms with Crippen molar-refractivity contribution >= 4 is 5.97 Å². The minimum absolute atomic E-state index is 0.00273. The summed E-state index contributed by atoms with van der Waals surface area (Å²) < 4.78 is 0. The second kappa shape index (κ2) is 7.09. The number of hydrogen-bond donors (Lipinski definition) is 2. The Morgan fingerprint density at radius 3 is 2.09 bits per heavy atom. The lowest BCUT2D eigenvalue weighted by Gasteiger charge is -2.68. The number of fused-ring (bicyclic) bond motifs is 7. The maximum absolute atomic E-state index is 12.7. The molecule has 0 heterocycles. The Morgan fingerprint density at radius 2 is 1.44 bits per heavy atom. The first-order valence-electron chi connectivity index (χ1n) is 13.5. The molecule has 32 heavy (non-hydrogen) atoms. The average molecular weight is 443 g/mol. The highest BCUT2D eigenvalue weighted by atomic mass is 16.4. The summed E-state index contributed by atoms with van der Waals surface area (Å²) in [5, 5.41) is 21.3. The number of carboxylic acid groups (broad SMARTS) is 1. The molecule has 5 aliphatic rings. The zero-order valence-corrected chi connectivity index (χ0v) is 21.1. The number of aliphatic hydroxyl groups is 1. The average Bonchev–Trinajstić information content (AvgIpc) is 3.12. The molecule has 3 nitrogen and oxygen atoms in total. The smallest absolute Gasteiger partial charge is 0.309 e. The van der Waals surface area contributed by atoms with Gasteiger partial charge in [-0.25, -0.2) is 0 Å². The molecular weight excluding hydrogens is 396 g/mol. The van der Waals surface area contributed by atoms with Crippen LogP contribution in [0.15, 0.2) is 12.2 Å². The summed E-state index contributed by atoms with van der Waals surface area (Å²) in [6.07, 6.45) is 10.6. The third-order valence-electron chi connectivity index (χ3n) is 12.7. The van der Waals surface area contributed by atoms with E-state index in [1.54, 1.807) is 0 Å². The SMILES string of the molecule is C=C(C)[C@H]1CC[C@@]2(C(=O)O)CC[C@@]3(C)[C@H](CC[C@@H]4[C@H]3CC[C@H]3C(C)(C)[C@H](O)CC[C@]43C)[C@H]12. The summed E-state index contributed by atoms with van der Waals surface area (Å²) in [6.45, 7) is 16.2. The van der Waals surface area contributed by atoms with Crippen LogP contribution in [-0.2, 0) is 4.79 Å². The fourth-order valence-corrected chi connectivity index (χ4v) is 11.0. The van der Waals surface area contributed by atoms with Gasteiger partial charge in [0.2, 0.25) is 0 Å². The van der Waals surface area contributed by atoms with Gasteiger partial charge in [-0.2, -0.15) is 0 Å². The van der Waals surface area contributed by atoms with E-state index in [4.69, 9.17) is 0 Å². The minimum Gasteiger partial charge on any atom is -0.481 e. The summed E-state index contributed by atoms with van der Waals surface area (Å²) in [6, 6.07) is 0. The fraction of sp³-hybridized carbons (Fsp3) is 0.897. The van der Waals surface area contributed by atoms with E-state index in [9.17, 15) is 15.0 Å². The fourth-order valence-electron chi connectivity index (χ4n) is 11.0. The standard InChI is InChI=1S/C29H46O3/c1-17(2)18-11-14-29(25(31)32)16-15-27(5)19-9-10-22-26(3,4)23(30)12-13-28(22,6)20(19)7-8-21(27)24(18)29/h18-24,30H,1,7-16H2,2-6H3,(H,31,32)/t18-,19-,20-,21-,22+,23-,24+,27-,28-,29-/m1/s1. The Bertz CT molecular complexity index is 815.